The lowest BCUT2D eigenvalue weighted by molar-refractivity contribution is 0.792. The van der Waals surface area contributed by atoms with Gasteiger partial charge in [0.15, 0.2) is 0 Å². The van der Waals surface area contributed by atoms with Gasteiger partial charge in [-0.1, -0.05) is 66.7 Å². The normalized spacial score (nSPS) is 11.3. The summed E-state index contributed by atoms with van der Waals surface area (Å²) < 4.78 is 0. The van der Waals surface area contributed by atoms with Crippen LogP contribution < -0.4 is 15.9 Å². The van der Waals surface area contributed by atoms with Crippen LogP contribution in [0.1, 0.15) is 5.56 Å². The van der Waals surface area contributed by atoms with Crippen LogP contribution in [0.25, 0.3) is 0 Å². The van der Waals surface area contributed by atoms with Gasteiger partial charge in [-0.2, -0.15) is 0 Å². The van der Waals surface area contributed by atoms with Crippen molar-refractivity contribution in [3.05, 3.63) is 96.6 Å². The smallest absolute Gasteiger partial charge is 0.0989 e. The summed E-state index contributed by atoms with van der Waals surface area (Å²) in [5.74, 6) is 0. The molecule has 0 aliphatic heterocycles. The Morgan fingerprint density at radius 2 is 1.09 bits per heavy atom. The quantitative estimate of drug-likeness (QED) is 0.541. The van der Waals surface area contributed by atoms with Crippen LogP contribution in [0.15, 0.2) is 91.0 Å². The molecule has 0 aliphatic rings. The molecule has 23 heavy (non-hydrogen) atoms. The average molecular weight is 337 g/mol. The maximum absolute atomic E-state index is 6.20. The molecule has 0 saturated carbocycles. The predicted molar refractivity (Wildman–Crippen MR) is 105 cm³/mol. The maximum Gasteiger partial charge on any atom is 0.0989 e. The van der Waals surface area contributed by atoms with Crippen LogP contribution in [0.2, 0.25) is 0 Å². The molecule has 116 valence electrons. The fraction of sp³-hybridized carbons (Fsp3) is 0.100. The van der Waals surface area contributed by atoms with E-state index in [0.717, 1.165) is 12.8 Å². The first-order chi connectivity index (χ1) is 11.3. The lowest BCUT2D eigenvalue weighted by atomic mass is 10.2. The van der Waals surface area contributed by atoms with E-state index >= 15 is 0 Å². The van der Waals surface area contributed by atoms with Gasteiger partial charge in [0, 0.05) is 6.54 Å². The molecular formula is C20H20NPS. The van der Waals surface area contributed by atoms with Crippen LogP contribution in [0.5, 0.6) is 0 Å². The topological polar surface area (TPSA) is 12.0 Å². The second-order valence-electron chi connectivity index (χ2n) is 5.48. The van der Waals surface area contributed by atoms with Crippen molar-refractivity contribution in [2.24, 2.45) is 0 Å². The van der Waals surface area contributed by atoms with Crippen molar-refractivity contribution < 1.29 is 0 Å². The van der Waals surface area contributed by atoms with Crippen molar-refractivity contribution in [1.82, 2.24) is 5.32 Å². The summed E-state index contributed by atoms with van der Waals surface area (Å²) in [7, 11) is 0. The standard InChI is InChI=1S/C20H20NPS/c23-22(19-12-6-2-7-13-19,20-14-8-3-9-15-20)17-21-16-18-10-4-1-5-11-18/h1-15,21H,16-17H2. The number of rotatable bonds is 6. The van der Waals surface area contributed by atoms with E-state index in [0.29, 0.717) is 0 Å². The van der Waals surface area contributed by atoms with Gasteiger partial charge in [0.25, 0.3) is 0 Å². The van der Waals surface area contributed by atoms with Gasteiger partial charge >= 0.3 is 0 Å². The summed E-state index contributed by atoms with van der Waals surface area (Å²) in [5, 5.41) is 6.12. The molecule has 0 amide bonds. The van der Waals surface area contributed by atoms with Gasteiger partial charge < -0.3 is 12.2 Å². The molecule has 0 spiro atoms. The van der Waals surface area contributed by atoms with E-state index in [9.17, 15) is 0 Å². The van der Waals surface area contributed by atoms with Crippen molar-refractivity contribution >= 4 is 29.3 Å². The molecule has 0 aliphatic carbocycles. The Morgan fingerprint density at radius 1 is 0.652 bits per heavy atom. The molecule has 0 bridgehead atoms. The van der Waals surface area contributed by atoms with Gasteiger partial charge in [0.05, 0.1) is 16.9 Å². The SMILES string of the molecule is [S-][P+](CNCc1ccccc1)(c1ccccc1)c1ccccc1. The van der Waals surface area contributed by atoms with Gasteiger partial charge in [0.2, 0.25) is 0 Å². The van der Waals surface area contributed by atoms with E-state index in [-0.39, 0.29) is 0 Å². The molecule has 0 unspecified atom stereocenters. The fourth-order valence-corrected chi connectivity index (χ4v) is 6.02. The van der Waals surface area contributed by atoms with Crippen LogP contribution in [-0.2, 0) is 18.8 Å². The summed E-state index contributed by atoms with van der Waals surface area (Å²) in [6.45, 7) is -0.993. The highest BCUT2D eigenvalue weighted by molar-refractivity contribution is 8.48. The number of hydrogen-bond donors (Lipinski definition) is 1. The minimum atomic E-state index is -1.84. The third kappa shape index (κ3) is 4.03. The van der Waals surface area contributed by atoms with E-state index in [1.807, 2.05) is 18.2 Å². The van der Waals surface area contributed by atoms with Gasteiger partial charge in [-0.15, -0.1) is 0 Å². The second kappa shape index (κ2) is 7.79. The Labute approximate surface area is 144 Å². The van der Waals surface area contributed by atoms with Crippen LogP contribution in [-0.4, -0.2) is 6.29 Å². The average Bonchev–Trinajstić information content (AvgIpc) is 2.64. The summed E-state index contributed by atoms with van der Waals surface area (Å²) in [6, 6.07) is 31.5. The number of hydrogen-bond acceptors (Lipinski definition) is 2. The molecule has 0 aromatic heterocycles. The number of benzene rings is 3. The molecule has 3 aromatic rings. The first-order valence-electron chi connectivity index (χ1n) is 7.74. The first-order valence-corrected chi connectivity index (χ1v) is 10.7. The highest BCUT2D eigenvalue weighted by Crippen LogP contribution is 2.52. The van der Waals surface area contributed by atoms with Crippen LogP contribution >= 0.6 is 6.46 Å². The van der Waals surface area contributed by atoms with Crippen molar-refractivity contribution in [3.8, 4) is 0 Å². The zero-order chi connectivity index (χ0) is 16.0. The van der Waals surface area contributed by atoms with Crippen molar-refractivity contribution in [1.29, 1.82) is 0 Å². The summed E-state index contributed by atoms with van der Waals surface area (Å²) in [4.78, 5) is 0. The third-order valence-electron chi connectivity index (χ3n) is 3.85. The summed E-state index contributed by atoms with van der Waals surface area (Å²) in [5.41, 5.74) is 1.29. The summed E-state index contributed by atoms with van der Waals surface area (Å²) in [6.07, 6.45) is 0.825. The van der Waals surface area contributed by atoms with Crippen LogP contribution in [0.3, 0.4) is 0 Å². The van der Waals surface area contributed by atoms with Gasteiger partial charge in [-0.3, -0.25) is 5.32 Å². The van der Waals surface area contributed by atoms with Crippen molar-refractivity contribution in [2.45, 2.75) is 6.54 Å². The molecule has 0 saturated heterocycles. The van der Waals surface area contributed by atoms with E-state index in [4.69, 9.17) is 12.2 Å². The second-order valence-corrected chi connectivity index (χ2v) is 10.2. The molecule has 0 radical (unpaired) electrons. The molecule has 0 heterocycles. The Hall–Kier alpha value is -1.60. The monoisotopic (exact) mass is 337 g/mol. The molecule has 3 aromatic carbocycles. The van der Waals surface area contributed by atoms with Gasteiger partial charge in [-0.05, 0) is 36.3 Å². The Bertz CT molecular complexity index is 677. The Morgan fingerprint density at radius 3 is 1.57 bits per heavy atom. The maximum atomic E-state index is 6.20. The molecule has 0 fully saturated rings. The molecule has 0 atom stereocenters. The van der Waals surface area contributed by atoms with Crippen molar-refractivity contribution in [2.75, 3.05) is 6.29 Å². The Balaban J connectivity index is 1.82. The predicted octanol–water partition coefficient (Wildman–Crippen LogP) is 3.86. The lowest BCUT2D eigenvalue weighted by Crippen LogP contribution is -2.29. The van der Waals surface area contributed by atoms with E-state index in [1.165, 1.54) is 16.2 Å². The zero-order valence-corrected chi connectivity index (χ0v) is 14.6. The molecule has 1 nitrogen and oxygen atoms in total. The number of nitrogens with one attached hydrogen (secondary N) is 1. The molecular weight excluding hydrogens is 317 g/mol. The van der Waals surface area contributed by atoms with E-state index < -0.39 is 6.46 Å². The Kier molecular flexibility index (Phi) is 5.51. The van der Waals surface area contributed by atoms with E-state index in [2.05, 4.69) is 78.1 Å². The van der Waals surface area contributed by atoms with Crippen LogP contribution in [0, 0.1) is 0 Å². The van der Waals surface area contributed by atoms with Crippen LogP contribution in [0.4, 0.5) is 0 Å². The minimum absolute atomic E-state index is 0.825. The molecule has 3 heteroatoms. The molecule has 1 N–H and O–H groups in total. The first kappa shape index (κ1) is 16.3. The third-order valence-corrected chi connectivity index (χ3v) is 8.44. The lowest BCUT2D eigenvalue weighted by Gasteiger charge is -2.33. The highest BCUT2D eigenvalue weighted by atomic mass is 32.7. The highest BCUT2D eigenvalue weighted by Gasteiger charge is 2.28. The summed E-state index contributed by atoms with van der Waals surface area (Å²) >= 11 is 6.20. The van der Waals surface area contributed by atoms with Gasteiger partial charge in [-0.25, -0.2) is 0 Å². The van der Waals surface area contributed by atoms with Crippen molar-refractivity contribution in [3.63, 3.8) is 0 Å². The largest absolute Gasteiger partial charge is 0.544 e. The van der Waals surface area contributed by atoms with Gasteiger partial charge in [0.1, 0.15) is 0 Å². The fourth-order valence-electron chi connectivity index (χ4n) is 2.62. The van der Waals surface area contributed by atoms with E-state index in [1.54, 1.807) is 0 Å². The molecule has 3 rings (SSSR count). The zero-order valence-electron chi connectivity index (χ0n) is 12.9. The minimum Gasteiger partial charge on any atom is -0.544 e.